The lowest BCUT2D eigenvalue weighted by Crippen LogP contribution is -2.14. The average molecular weight is 181 g/mol. The molecule has 0 radical (unpaired) electrons. The second-order valence-corrected chi connectivity index (χ2v) is 2.29. The van der Waals surface area contributed by atoms with Gasteiger partial charge in [0, 0.05) is 6.07 Å². The molecule has 0 atom stereocenters. The number of hydrogen-bond donors (Lipinski definition) is 1. The SMILES string of the molecule is NCC(=O)c1ccc([N+](=O)[O-])cn1. The number of rotatable bonds is 3. The van der Waals surface area contributed by atoms with Gasteiger partial charge in [-0.1, -0.05) is 0 Å². The minimum absolute atomic E-state index is 0.145. The molecule has 1 rings (SSSR count). The van der Waals surface area contributed by atoms with Crippen LogP contribution in [0.25, 0.3) is 0 Å². The van der Waals surface area contributed by atoms with E-state index >= 15 is 0 Å². The summed E-state index contributed by atoms with van der Waals surface area (Å²) >= 11 is 0. The van der Waals surface area contributed by atoms with Gasteiger partial charge in [-0.3, -0.25) is 14.9 Å². The summed E-state index contributed by atoms with van der Waals surface area (Å²) in [5.74, 6) is -0.338. The number of Topliss-reactive ketones (excluding diaryl/α,β-unsaturated/α-hetero) is 1. The van der Waals surface area contributed by atoms with E-state index in [0.29, 0.717) is 0 Å². The second kappa shape index (κ2) is 3.72. The minimum atomic E-state index is -0.580. The Labute approximate surface area is 73.5 Å². The lowest BCUT2D eigenvalue weighted by Gasteiger charge is -1.95. The third-order valence-corrected chi connectivity index (χ3v) is 1.43. The molecule has 0 bridgehead atoms. The molecule has 0 aliphatic heterocycles. The molecule has 0 aliphatic rings. The summed E-state index contributed by atoms with van der Waals surface area (Å²) in [4.78, 5) is 24.2. The quantitative estimate of drug-likeness (QED) is 0.406. The van der Waals surface area contributed by atoms with Crippen LogP contribution in [0.4, 0.5) is 5.69 Å². The summed E-state index contributed by atoms with van der Waals surface area (Å²) in [7, 11) is 0. The molecule has 1 aromatic heterocycles. The minimum Gasteiger partial charge on any atom is -0.324 e. The maximum Gasteiger partial charge on any atom is 0.287 e. The van der Waals surface area contributed by atoms with E-state index < -0.39 is 4.92 Å². The van der Waals surface area contributed by atoms with Crippen molar-refractivity contribution >= 4 is 11.5 Å². The second-order valence-electron chi connectivity index (χ2n) is 2.29. The predicted octanol–water partition coefficient (Wildman–Crippen LogP) is 0.131. The van der Waals surface area contributed by atoms with Crippen molar-refractivity contribution in [1.82, 2.24) is 4.98 Å². The van der Waals surface area contributed by atoms with Crippen LogP contribution in [0.3, 0.4) is 0 Å². The van der Waals surface area contributed by atoms with Crippen molar-refractivity contribution in [3.63, 3.8) is 0 Å². The summed E-state index contributed by atoms with van der Waals surface area (Å²) in [5, 5.41) is 10.2. The molecule has 0 saturated heterocycles. The van der Waals surface area contributed by atoms with E-state index in [1.165, 1.54) is 12.1 Å². The van der Waals surface area contributed by atoms with Crippen molar-refractivity contribution in [3.05, 3.63) is 34.1 Å². The number of carbonyl (C=O) groups is 1. The number of ketones is 1. The number of nitrogens with zero attached hydrogens (tertiary/aromatic N) is 2. The Hall–Kier alpha value is -1.82. The van der Waals surface area contributed by atoms with Gasteiger partial charge in [0.15, 0.2) is 5.78 Å². The Morgan fingerprint density at radius 2 is 2.31 bits per heavy atom. The van der Waals surface area contributed by atoms with Gasteiger partial charge >= 0.3 is 0 Å². The van der Waals surface area contributed by atoms with Gasteiger partial charge in [-0.25, -0.2) is 4.98 Å². The van der Waals surface area contributed by atoms with Crippen LogP contribution in [0.2, 0.25) is 0 Å². The monoisotopic (exact) mass is 181 g/mol. The molecule has 0 unspecified atom stereocenters. The van der Waals surface area contributed by atoms with Crippen LogP contribution in [-0.4, -0.2) is 22.2 Å². The molecule has 2 N–H and O–H groups in total. The molecule has 0 aromatic carbocycles. The van der Waals surface area contributed by atoms with E-state index in [2.05, 4.69) is 4.98 Å². The maximum atomic E-state index is 10.9. The van der Waals surface area contributed by atoms with Crippen molar-refractivity contribution in [1.29, 1.82) is 0 Å². The first-order valence-corrected chi connectivity index (χ1v) is 3.49. The van der Waals surface area contributed by atoms with Gasteiger partial charge < -0.3 is 5.73 Å². The van der Waals surface area contributed by atoms with Crippen molar-refractivity contribution in [2.45, 2.75) is 0 Å². The fraction of sp³-hybridized carbons (Fsp3) is 0.143. The highest BCUT2D eigenvalue weighted by Gasteiger charge is 2.08. The summed E-state index contributed by atoms with van der Waals surface area (Å²) < 4.78 is 0. The zero-order valence-corrected chi connectivity index (χ0v) is 6.64. The van der Waals surface area contributed by atoms with Crippen molar-refractivity contribution in [2.24, 2.45) is 5.73 Å². The highest BCUT2D eigenvalue weighted by atomic mass is 16.6. The van der Waals surface area contributed by atoms with Crippen molar-refractivity contribution in [3.8, 4) is 0 Å². The zero-order chi connectivity index (χ0) is 9.84. The van der Waals surface area contributed by atoms with Gasteiger partial charge in [0.25, 0.3) is 5.69 Å². The summed E-state index contributed by atoms with van der Waals surface area (Å²) in [6.45, 7) is -0.148. The van der Waals surface area contributed by atoms with Gasteiger partial charge in [-0.15, -0.1) is 0 Å². The summed E-state index contributed by atoms with van der Waals surface area (Å²) in [5.41, 5.74) is 5.08. The van der Waals surface area contributed by atoms with Crippen LogP contribution in [0.5, 0.6) is 0 Å². The topological polar surface area (TPSA) is 99.1 Å². The van der Waals surface area contributed by atoms with Gasteiger partial charge in [0.05, 0.1) is 11.5 Å². The van der Waals surface area contributed by atoms with Crippen LogP contribution < -0.4 is 5.73 Å². The molecule has 68 valence electrons. The largest absolute Gasteiger partial charge is 0.324 e. The Kier molecular flexibility index (Phi) is 2.65. The smallest absolute Gasteiger partial charge is 0.287 e. The van der Waals surface area contributed by atoms with E-state index in [1.54, 1.807) is 0 Å². The third kappa shape index (κ3) is 2.06. The number of nitro groups is 1. The molecule has 1 aromatic rings. The molecule has 0 spiro atoms. The molecule has 0 saturated carbocycles. The van der Waals surface area contributed by atoms with E-state index in [9.17, 15) is 14.9 Å². The molecule has 6 nitrogen and oxygen atoms in total. The van der Waals surface area contributed by atoms with Gasteiger partial charge in [-0.05, 0) is 6.07 Å². The van der Waals surface area contributed by atoms with Crippen LogP contribution in [-0.2, 0) is 0 Å². The van der Waals surface area contributed by atoms with Crippen LogP contribution in [0, 0.1) is 10.1 Å². The van der Waals surface area contributed by atoms with E-state index in [1.807, 2.05) is 0 Å². The van der Waals surface area contributed by atoms with E-state index in [4.69, 9.17) is 5.73 Å². The van der Waals surface area contributed by atoms with E-state index in [0.717, 1.165) is 6.20 Å². The molecule has 1 heterocycles. The first-order chi connectivity index (χ1) is 6.15. The maximum absolute atomic E-state index is 10.9. The lowest BCUT2D eigenvalue weighted by atomic mass is 10.2. The number of carbonyl (C=O) groups excluding carboxylic acids is 1. The van der Waals surface area contributed by atoms with Crippen LogP contribution >= 0.6 is 0 Å². The molecule has 0 amide bonds. The standard InChI is InChI=1S/C7H7N3O3/c8-3-7(11)6-2-1-5(4-9-6)10(12)13/h1-2,4H,3,8H2. The fourth-order valence-corrected chi connectivity index (χ4v) is 0.764. The molecular formula is C7H7N3O3. The highest BCUT2D eigenvalue weighted by molar-refractivity contribution is 5.95. The lowest BCUT2D eigenvalue weighted by molar-refractivity contribution is -0.385. The number of nitrogens with two attached hydrogens (primary N) is 1. The Morgan fingerprint density at radius 3 is 2.69 bits per heavy atom. The number of hydrogen-bond acceptors (Lipinski definition) is 5. The van der Waals surface area contributed by atoms with Crippen LogP contribution in [0.1, 0.15) is 10.5 Å². The molecule has 6 heteroatoms. The van der Waals surface area contributed by atoms with E-state index in [-0.39, 0.29) is 23.7 Å². The Balaban J connectivity index is 2.93. The highest BCUT2D eigenvalue weighted by Crippen LogP contribution is 2.08. The van der Waals surface area contributed by atoms with Crippen molar-refractivity contribution in [2.75, 3.05) is 6.54 Å². The Morgan fingerprint density at radius 1 is 1.62 bits per heavy atom. The Bertz CT molecular complexity index is 333. The summed E-state index contributed by atoms with van der Waals surface area (Å²) in [6, 6.07) is 2.50. The van der Waals surface area contributed by atoms with Gasteiger partial charge in [0.2, 0.25) is 0 Å². The molecular weight excluding hydrogens is 174 g/mol. The van der Waals surface area contributed by atoms with Gasteiger partial charge in [-0.2, -0.15) is 0 Å². The third-order valence-electron chi connectivity index (χ3n) is 1.43. The molecule has 13 heavy (non-hydrogen) atoms. The zero-order valence-electron chi connectivity index (χ0n) is 6.64. The first-order valence-electron chi connectivity index (χ1n) is 3.49. The molecule has 0 fully saturated rings. The number of pyridine rings is 1. The molecule has 0 aliphatic carbocycles. The van der Waals surface area contributed by atoms with Crippen LogP contribution in [0.15, 0.2) is 18.3 Å². The number of aromatic nitrogens is 1. The summed E-state index contributed by atoms with van der Waals surface area (Å²) in [6.07, 6.45) is 1.03. The van der Waals surface area contributed by atoms with Gasteiger partial charge in [0.1, 0.15) is 11.9 Å². The fourth-order valence-electron chi connectivity index (χ4n) is 0.764. The average Bonchev–Trinajstić information content (AvgIpc) is 2.17. The predicted molar refractivity (Wildman–Crippen MR) is 44.3 cm³/mol. The van der Waals surface area contributed by atoms with Crippen molar-refractivity contribution < 1.29 is 9.72 Å². The normalized spacial score (nSPS) is 9.62. The first kappa shape index (κ1) is 9.27.